The van der Waals surface area contributed by atoms with E-state index in [0.717, 1.165) is 25.7 Å². The largest absolute Gasteiger partial charge is 0.495 e. The Hall–Kier alpha value is -2.08. The first-order chi connectivity index (χ1) is 12.0. The number of fused-ring (bicyclic) bond motifs is 1. The van der Waals surface area contributed by atoms with Crippen LogP contribution in [0.25, 0.3) is 0 Å². The van der Waals surface area contributed by atoms with Gasteiger partial charge in [-0.05, 0) is 31.0 Å². The van der Waals surface area contributed by atoms with Crippen LogP contribution in [0.4, 0.5) is 5.69 Å². The predicted octanol–water partition coefficient (Wildman–Crippen LogP) is 2.85. The van der Waals surface area contributed by atoms with E-state index in [-0.39, 0.29) is 42.5 Å². The molecule has 25 heavy (non-hydrogen) atoms. The van der Waals surface area contributed by atoms with Gasteiger partial charge in [0.05, 0.1) is 24.0 Å². The van der Waals surface area contributed by atoms with E-state index in [1.807, 2.05) is 0 Å². The Kier molecular flexibility index (Phi) is 5.27. The number of likely N-dealkylation sites (tertiary alicyclic amines) is 1. The van der Waals surface area contributed by atoms with Crippen LogP contribution in [0.1, 0.15) is 32.1 Å². The third kappa shape index (κ3) is 3.63. The summed E-state index contributed by atoms with van der Waals surface area (Å²) < 4.78 is 5.06. The van der Waals surface area contributed by atoms with E-state index in [2.05, 4.69) is 5.32 Å². The Labute approximate surface area is 151 Å². The Bertz CT molecular complexity index is 682. The second kappa shape index (κ2) is 7.44. The number of carbonyl (C=O) groups excluding carboxylic acids is 3. The second-order valence-electron chi connectivity index (χ2n) is 6.47. The Balaban J connectivity index is 1.56. The topological polar surface area (TPSA) is 75.7 Å². The molecule has 1 heterocycles. The molecule has 1 saturated heterocycles. The quantitative estimate of drug-likeness (QED) is 0.815. The highest BCUT2D eigenvalue weighted by Gasteiger charge is 2.47. The number of nitrogens with zero attached hydrogens (tertiary/aromatic N) is 1. The molecule has 6 nitrogen and oxygen atoms in total. The first-order valence-electron chi connectivity index (χ1n) is 8.50. The highest BCUT2D eigenvalue weighted by Crippen LogP contribution is 2.38. The number of rotatable bonds is 5. The van der Waals surface area contributed by atoms with Crippen LogP contribution in [0.2, 0.25) is 5.02 Å². The molecule has 2 aliphatic rings. The third-order valence-electron chi connectivity index (χ3n) is 4.93. The van der Waals surface area contributed by atoms with Crippen LogP contribution in [0.5, 0.6) is 5.75 Å². The number of anilines is 1. The number of carbonyl (C=O) groups is 3. The average Bonchev–Trinajstić information content (AvgIpc) is 2.85. The molecule has 0 aromatic heterocycles. The Morgan fingerprint density at radius 3 is 2.44 bits per heavy atom. The van der Waals surface area contributed by atoms with Crippen molar-refractivity contribution in [3.8, 4) is 5.75 Å². The van der Waals surface area contributed by atoms with E-state index in [1.165, 1.54) is 12.0 Å². The van der Waals surface area contributed by atoms with Crippen molar-refractivity contribution in [3.63, 3.8) is 0 Å². The summed E-state index contributed by atoms with van der Waals surface area (Å²) in [6.45, 7) is 0.125. The Morgan fingerprint density at radius 1 is 1.24 bits per heavy atom. The van der Waals surface area contributed by atoms with Gasteiger partial charge in [-0.25, -0.2) is 0 Å². The minimum Gasteiger partial charge on any atom is -0.495 e. The summed E-state index contributed by atoms with van der Waals surface area (Å²) in [5.74, 6) is -0.327. The van der Waals surface area contributed by atoms with E-state index in [1.54, 1.807) is 18.2 Å². The van der Waals surface area contributed by atoms with Crippen LogP contribution in [0.3, 0.4) is 0 Å². The maximum atomic E-state index is 12.4. The number of hydrogen-bond acceptors (Lipinski definition) is 4. The summed E-state index contributed by atoms with van der Waals surface area (Å²) in [6.07, 6.45) is 3.62. The second-order valence-corrected chi connectivity index (χ2v) is 6.88. The molecule has 1 aliphatic carbocycles. The highest BCUT2D eigenvalue weighted by molar-refractivity contribution is 6.32. The van der Waals surface area contributed by atoms with E-state index in [0.29, 0.717) is 16.5 Å². The number of ether oxygens (including phenoxy) is 1. The van der Waals surface area contributed by atoms with Gasteiger partial charge in [0.25, 0.3) is 0 Å². The number of halogens is 1. The van der Waals surface area contributed by atoms with Crippen molar-refractivity contribution in [3.05, 3.63) is 23.2 Å². The number of methoxy groups -OCH3 is 1. The van der Waals surface area contributed by atoms with Crippen molar-refractivity contribution in [2.75, 3.05) is 19.0 Å². The maximum absolute atomic E-state index is 12.4. The highest BCUT2D eigenvalue weighted by atomic mass is 35.5. The zero-order chi connectivity index (χ0) is 18.0. The summed E-state index contributed by atoms with van der Waals surface area (Å²) in [6, 6.07) is 4.94. The fourth-order valence-corrected chi connectivity index (χ4v) is 3.89. The number of amides is 3. The fourth-order valence-electron chi connectivity index (χ4n) is 3.63. The monoisotopic (exact) mass is 364 g/mol. The summed E-state index contributed by atoms with van der Waals surface area (Å²) in [7, 11) is 1.52. The van der Waals surface area contributed by atoms with Gasteiger partial charge >= 0.3 is 0 Å². The summed E-state index contributed by atoms with van der Waals surface area (Å²) in [4.78, 5) is 38.1. The lowest BCUT2D eigenvalue weighted by molar-refractivity contribution is -0.140. The molecule has 2 fully saturated rings. The van der Waals surface area contributed by atoms with Crippen LogP contribution >= 0.6 is 11.6 Å². The van der Waals surface area contributed by atoms with Crippen LogP contribution in [-0.2, 0) is 14.4 Å². The predicted molar refractivity (Wildman–Crippen MR) is 93.4 cm³/mol. The van der Waals surface area contributed by atoms with Crippen molar-refractivity contribution < 1.29 is 19.1 Å². The molecule has 1 aliphatic heterocycles. The lowest BCUT2D eigenvalue weighted by Gasteiger charge is -2.19. The Morgan fingerprint density at radius 2 is 1.88 bits per heavy atom. The molecule has 0 spiro atoms. The van der Waals surface area contributed by atoms with Gasteiger partial charge in [-0.3, -0.25) is 19.3 Å². The number of imide groups is 1. The van der Waals surface area contributed by atoms with Crippen molar-refractivity contribution in [2.24, 2.45) is 11.8 Å². The molecule has 134 valence electrons. The van der Waals surface area contributed by atoms with Crippen LogP contribution in [0.15, 0.2) is 18.2 Å². The van der Waals surface area contributed by atoms with Gasteiger partial charge in [0.15, 0.2) is 0 Å². The first-order valence-corrected chi connectivity index (χ1v) is 8.87. The van der Waals surface area contributed by atoms with Gasteiger partial charge in [0.1, 0.15) is 5.75 Å². The molecule has 1 aromatic rings. The van der Waals surface area contributed by atoms with Gasteiger partial charge in [-0.2, -0.15) is 0 Å². The molecule has 1 N–H and O–H groups in total. The molecular weight excluding hydrogens is 344 g/mol. The molecule has 0 radical (unpaired) electrons. The standard InChI is InChI=1S/C18H21ClN2O4/c1-25-15-7-6-11(10-14(15)19)20-16(22)8-9-21-17(23)12-4-2-3-5-13(12)18(21)24/h6-7,10,12-13H,2-5,8-9H2,1H3,(H,20,22)/t12-,13-/m0/s1. The molecule has 0 bridgehead atoms. The molecular formula is C18H21ClN2O4. The van der Waals surface area contributed by atoms with Gasteiger partial charge in [0, 0.05) is 18.7 Å². The van der Waals surface area contributed by atoms with Crippen LogP contribution in [-0.4, -0.2) is 36.3 Å². The van der Waals surface area contributed by atoms with E-state index < -0.39 is 0 Å². The van der Waals surface area contributed by atoms with Crippen LogP contribution in [0, 0.1) is 11.8 Å². The van der Waals surface area contributed by atoms with E-state index in [4.69, 9.17) is 16.3 Å². The number of nitrogens with one attached hydrogen (secondary N) is 1. The lowest BCUT2D eigenvalue weighted by Crippen LogP contribution is -2.34. The molecule has 1 aromatic carbocycles. The maximum Gasteiger partial charge on any atom is 0.233 e. The molecule has 0 unspecified atom stereocenters. The zero-order valence-corrected chi connectivity index (χ0v) is 14.8. The smallest absolute Gasteiger partial charge is 0.233 e. The first kappa shape index (κ1) is 17.7. The SMILES string of the molecule is COc1ccc(NC(=O)CCN2C(=O)[C@H]3CCCC[C@@H]3C2=O)cc1Cl. The van der Waals surface area contributed by atoms with Crippen molar-refractivity contribution in [1.82, 2.24) is 4.90 Å². The van der Waals surface area contributed by atoms with Gasteiger partial charge in [-0.15, -0.1) is 0 Å². The van der Waals surface area contributed by atoms with Gasteiger partial charge in [-0.1, -0.05) is 24.4 Å². The third-order valence-corrected chi connectivity index (χ3v) is 5.23. The number of benzene rings is 1. The molecule has 1 saturated carbocycles. The summed E-state index contributed by atoms with van der Waals surface area (Å²) in [5, 5.41) is 3.12. The van der Waals surface area contributed by atoms with Gasteiger partial charge in [0.2, 0.25) is 17.7 Å². The number of hydrogen-bond donors (Lipinski definition) is 1. The summed E-state index contributed by atoms with van der Waals surface area (Å²) in [5.41, 5.74) is 0.545. The van der Waals surface area contributed by atoms with Crippen LogP contribution < -0.4 is 10.1 Å². The minimum atomic E-state index is -0.267. The summed E-state index contributed by atoms with van der Waals surface area (Å²) >= 11 is 6.03. The van der Waals surface area contributed by atoms with Crippen molar-refractivity contribution >= 4 is 35.0 Å². The lowest BCUT2D eigenvalue weighted by atomic mass is 9.81. The van der Waals surface area contributed by atoms with E-state index >= 15 is 0 Å². The molecule has 7 heteroatoms. The van der Waals surface area contributed by atoms with E-state index in [9.17, 15) is 14.4 Å². The fraction of sp³-hybridized carbons (Fsp3) is 0.500. The van der Waals surface area contributed by atoms with Crippen molar-refractivity contribution in [2.45, 2.75) is 32.1 Å². The van der Waals surface area contributed by atoms with Gasteiger partial charge < -0.3 is 10.1 Å². The average molecular weight is 365 g/mol. The van der Waals surface area contributed by atoms with Crippen molar-refractivity contribution in [1.29, 1.82) is 0 Å². The normalized spacial score (nSPS) is 22.7. The molecule has 2 atom stereocenters. The molecule has 3 amide bonds. The zero-order valence-electron chi connectivity index (χ0n) is 14.1. The minimum absolute atomic E-state index is 0.0700. The molecule has 3 rings (SSSR count).